The summed E-state index contributed by atoms with van der Waals surface area (Å²) in [5.41, 5.74) is 5.88. The predicted molar refractivity (Wildman–Crippen MR) is 234 cm³/mol. The number of rotatable bonds is 24. The van der Waals surface area contributed by atoms with Crippen molar-refractivity contribution in [3.05, 3.63) is 71.8 Å². The average Bonchev–Trinajstić information content (AvgIpc) is 4.01. The Balaban J connectivity index is 1.16. The van der Waals surface area contributed by atoms with Gasteiger partial charge in [0.25, 0.3) is 23.6 Å². The second kappa shape index (κ2) is 23.8. The third kappa shape index (κ3) is 15.0. The Morgan fingerprint density at radius 3 is 1.05 bits per heavy atom. The number of hydroxylamine groups is 2. The second-order valence-corrected chi connectivity index (χ2v) is 15.2. The Labute approximate surface area is 368 Å². The van der Waals surface area contributed by atoms with Gasteiger partial charge in [-0.1, -0.05) is 0 Å². The molecule has 0 spiro atoms. The van der Waals surface area contributed by atoms with Gasteiger partial charge in [0.1, 0.15) is 22.8 Å². The molecule has 0 aliphatic rings. The van der Waals surface area contributed by atoms with Gasteiger partial charge in [-0.15, -0.1) is 0 Å². The van der Waals surface area contributed by atoms with E-state index in [0.717, 1.165) is 0 Å². The van der Waals surface area contributed by atoms with Crippen LogP contribution in [-0.4, -0.2) is 114 Å². The summed E-state index contributed by atoms with van der Waals surface area (Å²) in [4.78, 5) is 101. The number of aryl methyl sites for hydroxylation is 4. The Bertz CT molecular complexity index is 2160. The topological polar surface area (TPSA) is 296 Å². The number of nitrogens with one attached hydrogen (secondary N) is 8. The molecule has 0 aromatic carbocycles. The van der Waals surface area contributed by atoms with Crippen LogP contribution in [0.15, 0.2) is 49.1 Å². The first-order valence-corrected chi connectivity index (χ1v) is 20.5. The van der Waals surface area contributed by atoms with Crippen LogP contribution >= 0.6 is 0 Å². The lowest BCUT2D eigenvalue weighted by molar-refractivity contribution is -0.130. The van der Waals surface area contributed by atoms with Gasteiger partial charge in [-0.3, -0.25) is 48.8 Å². The lowest BCUT2D eigenvalue weighted by Crippen LogP contribution is -2.38. The summed E-state index contributed by atoms with van der Waals surface area (Å²) in [6.07, 6.45) is 8.65. The van der Waals surface area contributed by atoms with Crippen LogP contribution in [0.4, 0.5) is 22.7 Å². The summed E-state index contributed by atoms with van der Waals surface area (Å²) in [5.74, 6) is -3.23. The molecule has 4 aromatic rings. The van der Waals surface area contributed by atoms with E-state index in [4.69, 9.17) is 10.4 Å². The van der Waals surface area contributed by atoms with Gasteiger partial charge in [-0.2, -0.15) is 0 Å². The first kappa shape index (κ1) is 49.4. The summed E-state index contributed by atoms with van der Waals surface area (Å²) >= 11 is 0. The Morgan fingerprint density at radius 2 is 0.734 bits per heavy atom. The van der Waals surface area contributed by atoms with E-state index in [-0.39, 0.29) is 60.7 Å². The number of unbranched alkanes of at least 4 members (excludes halogenated alkanes) is 2. The molecule has 0 unspecified atom stereocenters. The molecule has 4 heterocycles. The van der Waals surface area contributed by atoms with E-state index in [1.807, 2.05) is 11.9 Å². The summed E-state index contributed by atoms with van der Waals surface area (Å²) in [6.45, 7) is 1.54. The van der Waals surface area contributed by atoms with E-state index in [9.17, 15) is 38.4 Å². The van der Waals surface area contributed by atoms with E-state index in [0.29, 0.717) is 86.0 Å². The number of anilines is 4. The molecule has 4 rings (SSSR count). The summed E-state index contributed by atoms with van der Waals surface area (Å²) < 4.78 is 6.29. The first-order chi connectivity index (χ1) is 30.5. The molecule has 0 bridgehead atoms. The van der Waals surface area contributed by atoms with E-state index in [1.165, 1.54) is 12.1 Å². The Morgan fingerprint density at radius 1 is 0.453 bits per heavy atom. The fraction of sp³-hybridized carbons (Fsp3) is 0.415. The van der Waals surface area contributed by atoms with Crippen LogP contribution < -0.4 is 42.9 Å². The van der Waals surface area contributed by atoms with Crippen LogP contribution in [0.3, 0.4) is 0 Å². The minimum absolute atomic E-state index is 0.0993. The van der Waals surface area contributed by atoms with Crippen LogP contribution in [-0.2, 0) is 47.4 Å². The highest BCUT2D eigenvalue weighted by molar-refractivity contribution is 6.06. The maximum atomic E-state index is 13.1. The Kier molecular flexibility index (Phi) is 18.4. The molecule has 64 heavy (non-hydrogen) atoms. The highest BCUT2D eigenvalue weighted by Crippen LogP contribution is 2.20. The average molecular weight is 892 g/mol. The zero-order chi connectivity index (χ0) is 46.9. The quantitative estimate of drug-likeness (QED) is 0.0274. The number of carbonyl (C=O) groups excluding carboxylic acids is 8. The molecule has 0 saturated carbocycles. The van der Waals surface area contributed by atoms with Crippen molar-refractivity contribution in [2.24, 2.45) is 28.2 Å². The van der Waals surface area contributed by atoms with Crippen molar-refractivity contribution in [3.8, 4) is 0 Å². The second-order valence-electron chi connectivity index (χ2n) is 15.2. The largest absolute Gasteiger partial charge is 0.349 e. The molecule has 0 fully saturated rings. The lowest BCUT2D eigenvalue weighted by atomic mass is 10.2. The molecular weight excluding hydrogens is 835 g/mol. The summed E-state index contributed by atoms with van der Waals surface area (Å²) in [7, 11) is 8.51. The molecule has 23 nitrogen and oxygen atoms in total. The lowest BCUT2D eigenvalue weighted by Gasteiger charge is -2.17. The molecule has 4 aromatic heterocycles. The van der Waals surface area contributed by atoms with Crippen molar-refractivity contribution in [3.63, 3.8) is 0 Å². The van der Waals surface area contributed by atoms with E-state index in [2.05, 4.69) is 31.9 Å². The molecule has 0 atom stereocenters. The minimum Gasteiger partial charge on any atom is -0.349 e. The van der Waals surface area contributed by atoms with E-state index in [1.54, 1.807) is 94.3 Å². The van der Waals surface area contributed by atoms with Gasteiger partial charge in [0.05, 0.1) is 22.7 Å². The molecule has 0 aliphatic heterocycles. The summed E-state index contributed by atoms with van der Waals surface area (Å²) in [6, 6.07) is 6.15. The molecule has 0 radical (unpaired) electrons. The van der Waals surface area contributed by atoms with Crippen molar-refractivity contribution in [2.45, 2.75) is 51.4 Å². The monoisotopic (exact) mass is 891 g/mol. The maximum Gasteiger partial charge on any atom is 0.272 e. The molecular formula is C41H57N13O10. The van der Waals surface area contributed by atoms with Crippen LogP contribution in [0.2, 0.25) is 0 Å². The van der Waals surface area contributed by atoms with Gasteiger partial charge < -0.3 is 55.1 Å². The predicted octanol–water partition coefficient (Wildman–Crippen LogP) is 1.65. The molecule has 23 heteroatoms. The fourth-order valence-corrected chi connectivity index (χ4v) is 6.54. The molecule has 10 N–H and O–H groups in total. The van der Waals surface area contributed by atoms with Crippen molar-refractivity contribution < 1.29 is 48.8 Å². The molecule has 0 saturated heterocycles. The van der Waals surface area contributed by atoms with Gasteiger partial charge in [-0.25, -0.2) is 11.0 Å². The molecule has 8 amide bonds. The van der Waals surface area contributed by atoms with Crippen LogP contribution in [0.5, 0.6) is 0 Å². The van der Waals surface area contributed by atoms with Gasteiger partial charge in [0.15, 0.2) is 0 Å². The molecule has 0 aliphatic carbocycles. The highest BCUT2D eigenvalue weighted by Gasteiger charge is 2.19. The summed E-state index contributed by atoms with van der Waals surface area (Å²) in [5, 5.41) is 33.9. The normalized spacial score (nSPS) is 10.9. The first-order valence-electron chi connectivity index (χ1n) is 20.5. The van der Waals surface area contributed by atoms with Gasteiger partial charge in [0.2, 0.25) is 23.6 Å². The standard InChI is InChI=1S/C41H57N13O10/c1-50(16-14-42-38(59)30-20-28(24-51(30)2)46-40(61)32-18-26(22-53(32)4)44-34(55)10-6-8-12-36(57)48-63)17-15-43-39(60)31-21-29(25-52(31)3)47-41(62)33-19-27(23-54(33)5)45-35(56)11-7-9-13-37(58)49-64/h18-25,63-64H,6-17H2,1-5H3,(H,42,59)(H,43,60)(H,44,55)(H,45,56)(H,46,61)(H,47,62)(H,48,57)(H,49,58). The zero-order valence-electron chi connectivity index (χ0n) is 36.5. The number of likely N-dealkylation sites (N-methyl/N-ethyl adjacent to an activating group) is 1. The van der Waals surface area contributed by atoms with Gasteiger partial charge >= 0.3 is 0 Å². The van der Waals surface area contributed by atoms with Crippen molar-refractivity contribution in [1.29, 1.82) is 0 Å². The van der Waals surface area contributed by atoms with Crippen molar-refractivity contribution in [2.75, 3.05) is 54.5 Å². The van der Waals surface area contributed by atoms with Crippen molar-refractivity contribution >= 4 is 70.0 Å². The number of hydrogen-bond donors (Lipinski definition) is 10. The third-order valence-corrected chi connectivity index (χ3v) is 9.96. The van der Waals surface area contributed by atoms with Crippen LogP contribution in [0.1, 0.15) is 93.3 Å². The number of nitrogens with zero attached hydrogens (tertiary/aromatic N) is 5. The highest BCUT2D eigenvalue weighted by atomic mass is 16.5. The zero-order valence-corrected chi connectivity index (χ0v) is 36.5. The SMILES string of the molecule is CN(CCNC(=O)c1cc(NC(=O)c2cc(NC(=O)CCCCC(=O)NO)cn2C)cn1C)CCNC(=O)c1cc(NC(=O)c2cc(NC(=O)CCCCC(=O)NO)cn2C)cn1C. The minimum atomic E-state index is -0.521. The number of aromatic nitrogens is 4. The van der Waals surface area contributed by atoms with Crippen molar-refractivity contribution in [1.82, 2.24) is 44.8 Å². The molecule has 346 valence electrons. The smallest absolute Gasteiger partial charge is 0.272 e. The Hall–Kier alpha value is -7.24. The third-order valence-electron chi connectivity index (χ3n) is 9.96. The van der Waals surface area contributed by atoms with E-state index < -0.39 is 23.6 Å². The van der Waals surface area contributed by atoms with Gasteiger partial charge in [-0.05, 0) is 57.0 Å². The number of hydrogen-bond acceptors (Lipinski definition) is 11. The van der Waals surface area contributed by atoms with Gasteiger partial charge in [0, 0.05) is 105 Å². The van der Waals surface area contributed by atoms with Crippen LogP contribution in [0, 0.1) is 0 Å². The maximum absolute atomic E-state index is 13.1. The fourth-order valence-electron chi connectivity index (χ4n) is 6.54. The number of carbonyl (C=O) groups is 8. The van der Waals surface area contributed by atoms with Crippen LogP contribution in [0.25, 0.3) is 0 Å². The number of amides is 8. The van der Waals surface area contributed by atoms with E-state index >= 15 is 0 Å².